The molecule has 1 aromatic heterocycles. The van der Waals surface area contributed by atoms with E-state index in [4.69, 9.17) is 10.5 Å². The van der Waals surface area contributed by atoms with E-state index in [-0.39, 0.29) is 11.7 Å². The highest BCUT2D eigenvalue weighted by molar-refractivity contribution is 5.88. The minimum absolute atomic E-state index is 0.0761. The summed E-state index contributed by atoms with van der Waals surface area (Å²) in [5.41, 5.74) is 7.59. The van der Waals surface area contributed by atoms with E-state index >= 15 is 0 Å². The molecule has 0 radical (unpaired) electrons. The number of nitrogens with one attached hydrogen (secondary N) is 2. The Morgan fingerprint density at radius 3 is 3.06 bits per heavy atom. The number of ether oxygens (including phenoxy) is 1. The highest BCUT2D eigenvalue weighted by Gasteiger charge is 2.07. The molecule has 4 N–H and O–H groups in total. The number of nitrogens with two attached hydrogens (primary N) is 1. The van der Waals surface area contributed by atoms with Crippen LogP contribution in [0.4, 0.5) is 11.4 Å². The van der Waals surface area contributed by atoms with E-state index in [1.165, 1.54) is 6.33 Å². The van der Waals surface area contributed by atoms with Gasteiger partial charge in [0.2, 0.25) is 0 Å². The zero-order valence-electron chi connectivity index (χ0n) is 10.4. The van der Waals surface area contributed by atoms with Crippen LogP contribution in [-0.2, 0) is 4.74 Å². The van der Waals surface area contributed by atoms with E-state index in [0.717, 1.165) is 5.69 Å². The lowest BCUT2D eigenvalue weighted by molar-refractivity contribution is 0.129. The fourth-order valence-electron chi connectivity index (χ4n) is 1.62. The van der Waals surface area contributed by atoms with Gasteiger partial charge in [0.1, 0.15) is 0 Å². The summed E-state index contributed by atoms with van der Waals surface area (Å²) < 4.78 is 5.14. The molecule has 1 unspecified atom stereocenters. The number of nitrogen functional groups attached to an aromatic ring is 1. The van der Waals surface area contributed by atoms with Gasteiger partial charge in [0.05, 0.1) is 34.7 Å². The highest BCUT2D eigenvalue weighted by Crippen LogP contribution is 2.22. The number of aromatic nitrogens is 2. The molecule has 2 aromatic rings. The van der Waals surface area contributed by atoms with Crippen LogP contribution in [0.25, 0.3) is 10.9 Å². The molecule has 0 aliphatic heterocycles. The number of hydrogen-bond acceptors (Lipinski definition) is 5. The maximum absolute atomic E-state index is 11.6. The molecule has 0 saturated heterocycles. The van der Waals surface area contributed by atoms with Crippen LogP contribution in [0.1, 0.15) is 6.92 Å². The summed E-state index contributed by atoms with van der Waals surface area (Å²) in [6.07, 6.45) is 1.45. The van der Waals surface area contributed by atoms with Gasteiger partial charge in [-0.1, -0.05) is 0 Å². The monoisotopic (exact) mass is 248 g/mol. The van der Waals surface area contributed by atoms with Crippen LogP contribution in [0.15, 0.2) is 23.3 Å². The molecule has 1 atom stereocenters. The summed E-state index contributed by atoms with van der Waals surface area (Å²) in [4.78, 5) is 18.2. The van der Waals surface area contributed by atoms with Crippen molar-refractivity contribution in [3.8, 4) is 0 Å². The van der Waals surface area contributed by atoms with Crippen LogP contribution in [0, 0.1) is 0 Å². The van der Waals surface area contributed by atoms with Gasteiger partial charge < -0.3 is 20.8 Å². The third kappa shape index (κ3) is 2.43. The SMILES string of the molecule is COC(C)CNc1cc2nc[nH]c(=O)c2cc1N. The van der Waals surface area contributed by atoms with Gasteiger partial charge in [0.25, 0.3) is 5.56 Å². The van der Waals surface area contributed by atoms with Crippen molar-refractivity contribution in [2.75, 3.05) is 24.7 Å². The van der Waals surface area contributed by atoms with E-state index in [1.54, 1.807) is 19.2 Å². The first-order valence-corrected chi connectivity index (χ1v) is 5.65. The van der Waals surface area contributed by atoms with Crippen molar-refractivity contribution in [1.82, 2.24) is 9.97 Å². The molecule has 96 valence electrons. The minimum Gasteiger partial charge on any atom is -0.397 e. The van der Waals surface area contributed by atoms with Gasteiger partial charge in [-0.2, -0.15) is 0 Å². The number of rotatable bonds is 4. The lowest BCUT2D eigenvalue weighted by atomic mass is 10.2. The Bertz CT molecular complexity index is 609. The Labute approximate surface area is 104 Å². The van der Waals surface area contributed by atoms with Crippen molar-refractivity contribution in [2.45, 2.75) is 13.0 Å². The lowest BCUT2D eigenvalue weighted by Gasteiger charge is -2.14. The quantitative estimate of drug-likeness (QED) is 0.700. The van der Waals surface area contributed by atoms with Crippen molar-refractivity contribution >= 4 is 22.3 Å². The molecule has 0 aliphatic rings. The van der Waals surface area contributed by atoms with Gasteiger partial charge in [-0.25, -0.2) is 4.98 Å². The Hall–Kier alpha value is -2.08. The van der Waals surface area contributed by atoms with E-state index in [0.29, 0.717) is 23.1 Å². The van der Waals surface area contributed by atoms with E-state index in [2.05, 4.69) is 15.3 Å². The second-order valence-electron chi connectivity index (χ2n) is 4.12. The zero-order valence-corrected chi connectivity index (χ0v) is 10.4. The summed E-state index contributed by atoms with van der Waals surface area (Å²) in [5, 5.41) is 3.66. The van der Waals surface area contributed by atoms with Gasteiger partial charge in [-0.05, 0) is 19.1 Å². The van der Waals surface area contributed by atoms with Gasteiger partial charge in [0, 0.05) is 13.7 Å². The summed E-state index contributed by atoms with van der Waals surface area (Å²) in [5.74, 6) is 0. The molecule has 1 aromatic carbocycles. The number of hydrogen-bond donors (Lipinski definition) is 3. The van der Waals surface area contributed by atoms with Crippen molar-refractivity contribution in [1.29, 1.82) is 0 Å². The molecular weight excluding hydrogens is 232 g/mol. The number of benzene rings is 1. The molecule has 0 fully saturated rings. The maximum atomic E-state index is 11.6. The van der Waals surface area contributed by atoms with Crippen LogP contribution in [0.5, 0.6) is 0 Å². The molecule has 6 nitrogen and oxygen atoms in total. The van der Waals surface area contributed by atoms with Crippen LogP contribution in [-0.4, -0.2) is 29.7 Å². The number of fused-ring (bicyclic) bond motifs is 1. The number of anilines is 2. The number of aromatic amines is 1. The van der Waals surface area contributed by atoms with Crippen LogP contribution >= 0.6 is 0 Å². The molecule has 0 spiro atoms. The largest absolute Gasteiger partial charge is 0.397 e. The van der Waals surface area contributed by atoms with Crippen LogP contribution in [0.3, 0.4) is 0 Å². The van der Waals surface area contributed by atoms with Gasteiger partial charge in [0.15, 0.2) is 0 Å². The predicted molar refractivity (Wildman–Crippen MR) is 71.7 cm³/mol. The molecule has 2 rings (SSSR count). The molecule has 1 heterocycles. The minimum atomic E-state index is -0.191. The van der Waals surface area contributed by atoms with Crippen LogP contribution in [0.2, 0.25) is 0 Å². The third-order valence-electron chi connectivity index (χ3n) is 2.79. The van der Waals surface area contributed by atoms with Gasteiger partial charge in [-0.3, -0.25) is 4.79 Å². The number of nitrogens with zero attached hydrogens (tertiary/aromatic N) is 1. The lowest BCUT2D eigenvalue weighted by Crippen LogP contribution is -2.19. The van der Waals surface area contributed by atoms with E-state index in [1.807, 2.05) is 6.92 Å². The van der Waals surface area contributed by atoms with Crippen molar-refractivity contribution < 1.29 is 4.74 Å². The molecule has 0 amide bonds. The topological polar surface area (TPSA) is 93.0 Å². The standard InChI is InChI=1S/C12H16N4O2/c1-7(18-2)5-14-11-4-10-8(3-9(11)13)12(17)16-6-15-10/h3-4,6-7,14H,5,13H2,1-2H3,(H,15,16,17). The molecule has 6 heteroatoms. The first kappa shape index (κ1) is 12.4. The molecular formula is C12H16N4O2. The van der Waals surface area contributed by atoms with Gasteiger partial charge in [-0.15, -0.1) is 0 Å². The molecule has 0 bridgehead atoms. The number of methoxy groups -OCH3 is 1. The summed E-state index contributed by atoms with van der Waals surface area (Å²) in [6, 6.07) is 3.39. The maximum Gasteiger partial charge on any atom is 0.258 e. The second kappa shape index (κ2) is 5.05. The highest BCUT2D eigenvalue weighted by atomic mass is 16.5. The van der Waals surface area contributed by atoms with Crippen molar-refractivity contribution in [3.63, 3.8) is 0 Å². The Balaban J connectivity index is 2.35. The van der Waals surface area contributed by atoms with E-state index in [9.17, 15) is 4.79 Å². The average molecular weight is 248 g/mol. The van der Waals surface area contributed by atoms with Gasteiger partial charge >= 0.3 is 0 Å². The fraction of sp³-hybridized carbons (Fsp3) is 0.333. The first-order valence-electron chi connectivity index (χ1n) is 5.65. The Morgan fingerprint density at radius 1 is 1.56 bits per heavy atom. The summed E-state index contributed by atoms with van der Waals surface area (Å²) in [7, 11) is 1.65. The smallest absolute Gasteiger partial charge is 0.258 e. The van der Waals surface area contributed by atoms with Crippen LogP contribution < -0.4 is 16.6 Å². The Morgan fingerprint density at radius 2 is 2.33 bits per heavy atom. The first-order chi connectivity index (χ1) is 8.61. The normalized spacial score (nSPS) is 12.6. The second-order valence-corrected chi connectivity index (χ2v) is 4.12. The molecule has 18 heavy (non-hydrogen) atoms. The summed E-state index contributed by atoms with van der Waals surface area (Å²) in [6.45, 7) is 2.59. The summed E-state index contributed by atoms with van der Waals surface area (Å²) >= 11 is 0. The Kier molecular flexibility index (Phi) is 3.47. The van der Waals surface area contributed by atoms with Crippen molar-refractivity contribution in [2.24, 2.45) is 0 Å². The molecule has 0 saturated carbocycles. The van der Waals surface area contributed by atoms with Crippen molar-refractivity contribution in [3.05, 3.63) is 28.8 Å². The fourth-order valence-corrected chi connectivity index (χ4v) is 1.62. The van der Waals surface area contributed by atoms with E-state index < -0.39 is 0 Å². The predicted octanol–water partition coefficient (Wildman–Crippen LogP) is 0.952. The number of H-pyrrole nitrogens is 1. The molecule has 0 aliphatic carbocycles. The zero-order chi connectivity index (χ0) is 13.1. The average Bonchev–Trinajstić information content (AvgIpc) is 2.37. The third-order valence-corrected chi connectivity index (χ3v) is 2.79.